The third-order valence-corrected chi connectivity index (χ3v) is 8.80. The summed E-state index contributed by atoms with van der Waals surface area (Å²) in [4.78, 5) is 13.0. The molecule has 0 radical (unpaired) electrons. The van der Waals surface area contributed by atoms with Crippen molar-refractivity contribution in [1.82, 2.24) is 0 Å². The van der Waals surface area contributed by atoms with Gasteiger partial charge in [-0.2, -0.15) is 0 Å². The fourth-order valence-electron chi connectivity index (χ4n) is 3.84. The molecule has 2 aliphatic rings. The number of hydrogen-bond donors (Lipinski definition) is 3. The number of halogens is 4. The smallest absolute Gasteiger partial charge is 0.340 e. The Balaban J connectivity index is 1.98. The summed E-state index contributed by atoms with van der Waals surface area (Å²) in [5.74, 6) is 0.446. The van der Waals surface area contributed by atoms with Crippen LogP contribution >= 0.6 is 90.4 Å². The summed E-state index contributed by atoms with van der Waals surface area (Å²) in [6.45, 7) is 0. The van der Waals surface area contributed by atoms with Gasteiger partial charge in [0, 0.05) is 11.3 Å². The van der Waals surface area contributed by atoms with Crippen LogP contribution in [0.3, 0.4) is 0 Å². The first-order chi connectivity index (χ1) is 14.2. The van der Waals surface area contributed by atoms with Gasteiger partial charge in [-0.15, -0.1) is 0 Å². The van der Waals surface area contributed by atoms with Gasteiger partial charge in [0.1, 0.15) is 11.5 Å². The second-order valence-corrected chi connectivity index (χ2v) is 11.3. The van der Waals surface area contributed by atoms with Crippen LogP contribution in [-0.2, 0) is 10.3 Å². The predicted molar refractivity (Wildman–Crippen MR) is 143 cm³/mol. The van der Waals surface area contributed by atoms with Crippen LogP contribution in [-0.4, -0.2) is 16.2 Å². The number of ether oxygens (including phenoxy) is 2. The number of carbonyl (C=O) groups is 1. The Morgan fingerprint density at radius 1 is 0.833 bits per heavy atom. The van der Waals surface area contributed by atoms with Gasteiger partial charge in [-0.05, 0) is 115 Å². The average molecular weight is 851 g/mol. The van der Waals surface area contributed by atoms with Crippen molar-refractivity contribution in [2.45, 2.75) is 5.60 Å². The first kappa shape index (κ1) is 21.1. The zero-order valence-electron chi connectivity index (χ0n) is 14.6. The highest BCUT2D eigenvalue weighted by Crippen LogP contribution is 2.60. The maximum absolute atomic E-state index is 13.0. The summed E-state index contributed by atoms with van der Waals surface area (Å²) in [5.41, 5.74) is 7.34. The molecule has 0 amide bonds. The molecule has 4 N–H and O–H groups in total. The number of esters is 1. The van der Waals surface area contributed by atoms with E-state index in [0.29, 0.717) is 53.7 Å². The molecule has 0 aromatic heterocycles. The van der Waals surface area contributed by atoms with Crippen LogP contribution in [0.15, 0.2) is 30.3 Å². The van der Waals surface area contributed by atoms with Crippen LogP contribution in [0.25, 0.3) is 0 Å². The first-order valence-electron chi connectivity index (χ1n) is 8.41. The molecule has 2 aliphatic heterocycles. The highest BCUT2D eigenvalue weighted by atomic mass is 127. The molecule has 0 atom stereocenters. The Morgan fingerprint density at radius 2 is 1.37 bits per heavy atom. The van der Waals surface area contributed by atoms with Crippen molar-refractivity contribution in [3.05, 3.63) is 66.9 Å². The van der Waals surface area contributed by atoms with Crippen molar-refractivity contribution in [2.24, 2.45) is 0 Å². The van der Waals surface area contributed by atoms with E-state index in [9.17, 15) is 15.0 Å². The molecule has 5 rings (SSSR count). The van der Waals surface area contributed by atoms with Crippen molar-refractivity contribution in [3.63, 3.8) is 0 Å². The van der Waals surface area contributed by atoms with Crippen molar-refractivity contribution in [2.75, 3.05) is 5.73 Å². The van der Waals surface area contributed by atoms with Crippen molar-refractivity contribution in [1.29, 1.82) is 0 Å². The second kappa shape index (κ2) is 7.13. The largest absolute Gasteiger partial charge is 0.506 e. The zero-order valence-corrected chi connectivity index (χ0v) is 23.2. The number of phenolic OH excluding ortho intramolecular Hbond substituents is 2. The van der Waals surface area contributed by atoms with Crippen molar-refractivity contribution in [3.8, 4) is 23.0 Å². The Bertz CT molecular complexity index is 1240. The van der Waals surface area contributed by atoms with E-state index in [-0.39, 0.29) is 11.5 Å². The number of anilines is 1. The molecule has 0 bridgehead atoms. The van der Waals surface area contributed by atoms with Gasteiger partial charge >= 0.3 is 5.97 Å². The summed E-state index contributed by atoms with van der Waals surface area (Å²) in [5, 5.41) is 21.0. The quantitative estimate of drug-likeness (QED) is 0.153. The number of benzene rings is 3. The molecule has 10 heteroatoms. The van der Waals surface area contributed by atoms with Gasteiger partial charge < -0.3 is 25.4 Å². The molecule has 2 heterocycles. The van der Waals surface area contributed by atoms with E-state index in [1.54, 1.807) is 30.3 Å². The van der Waals surface area contributed by atoms with Crippen LogP contribution in [0.5, 0.6) is 23.0 Å². The van der Waals surface area contributed by atoms with Gasteiger partial charge in [0.05, 0.1) is 31.0 Å². The molecule has 0 saturated carbocycles. The molecule has 1 spiro atoms. The number of carbonyl (C=O) groups excluding carboxylic acids is 1. The molecule has 6 nitrogen and oxygen atoms in total. The molecule has 3 aromatic rings. The number of nitrogens with two attached hydrogens (primary N) is 1. The number of nitrogen functional groups attached to an aromatic ring is 1. The number of phenols is 2. The third-order valence-electron chi connectivity index (χ3n) is 5.15. The summed E-state index contributed by atoms with van der Waals surface area (Å²) in [7, 11) is 0. The highest BCUT2D eigenvalue weighted by Gasteiger charge is 2.55. The second-order valence-electron chi connectivity index (χ2n) is 6.77. The minimum absolute atomic E-state index is 0.0835. The average Bonchev–Trinajstić information content (AvgIpc) is 2.99. The van der Waals surface area contributed by atoms with Gasteiger partial charge in [0.15, 0.2) is 17.1 Å². The van der Waals surface area contributed by atoms with Gasteiger partial charge in [0.25, 0.3) is 0 Å². The molecule has 152 valence electrons. The van der Waals surface area contributed by atoms with E-state index < -0.39 is 11.6 Å². The molecular formula is C20H9I4NO5. The van der Waals surface area contributed by atoms with Crippen LogP contribution in [0, 0.1) is 14.3 Å². The summed E-state index contributed by atoms with van der Waals surface area (Å²) >= 11 is 8.11. The number of rotatable bonds is 0. The number of fused-ring (bicyclic) bond motifs is 6. The minimum atomic E-state index is -1.29. The standard InChI is InChI=1S/C20H9I4NO5/c21-11-4-9-17(13(23)15(11)26)29-18-10(5-12(22)16(27)14(18)24)20(9)8-2-1-6(25)3-7(8)19(28)30-20/h1-5,26-27H,25H2. The third kappa shape index (κ3) is 2.71. The van der Waals surface area contributed by atoms with Crippen molar-refractivity contribution < 1.29 is 24.5 Å². The van der Waals surface area contributed by atoms with Crippen molar-refractivity contribution >= 4 is 102 Å². The van der Waals surface area contributed by atoms with E-state index >= 15 is 0 Å². The summed E-state index contributed by atoms with van der Waals surface area (Å²) < 4.78 is 14.5. The monoisotopic (exact) mass is 851 g/mol. The molecule has 0 saturated heterocycles. The molecular weight excluding hydrogens is 842 g/mol. The molecule has 30 heavy (non-hydrogen) atoms. The van der Waals surface area contributed by atoms with Gasteiger partial charge in [0.2, 0.25) is 0 Å². The normalized spacial score (nSPS) is 15.3. The maximum Gasteiger partial charge on any atom is 0.340 e. The van der Waals surface area contributed by atoms with Gasteiger partial charge in [-0.3, -0.25) is 0 Å². The minimum Gasteiger partial charge on any atom is -0.506 e. The van der Waals surface area contributed by atoms with Crippen LogP contribution in [0.4, 0.5) is 5.69 Å². The topological polar surface area (TPSA) is 102 Å². The molecule has 3 aromatic carbocycles. The lowest BCUT2D eigenvalue weighted by Crippen LogP contribution is -2.34. The van der Waals surface area contributed by atoms with Crippen LogP contribution < -0.4 is 10.5 Å². The molecule has 0 unspecified atom stereocenters. The maximum atomic E-state index is 13.0. The fourth-order valence-corrected chi connectivity index (χ4v) is 7.42. The Hall–Kier alpha value is -0.750. The van der Waals surface area contributed by atoms with Crippen LogP contribution in [0.2, 0.25) is 0 Å². The summed E-state index contributed by atoms with van der Waals surface area (Å²) in [6, 6.07) is 8.65. The van der Waals surface area contributed by atoms with E-state index in [1.807, 2.05) is 90.4 Å². The Morgan fingerprint density at radius 3 is 1.90 bits per heavy atom. The highest BCUT2D eigenvalue weighted by molar-refractivity contribution is 14.1. The lowest BCUT2D eigenvalue weighted by molar-refractivity contribution is 0.0222. The first-order valence-corrected chi connectivity index (χ1v) is 12.7. The SMILES string of the molecule is Nc1ccc2c(c1)C(=O)OC21c2cc(I)c(O)c(I)c2Oc2c1cc(I)c(O)c2I. The Kier molecular flexibility index (Phi) is 5.02. The number of hydrogen-bond acceptors (Lipinski definition) is 6. The molecule has 0 aliphatic carbocycles. The zero-order chi connectivity index (χ0) is 21.5. The van der Waals surface area contributed by atoms with Gasteiger partial charge in [-0.1, -0.05) is 6.07 Å². The van der Waals surface area contributed by atoms with E-state index in [2.05, 4.69) is 0 Å². The lowest BCUT2D eigenvalue weighted by atomic mass is 9.77. The summed E-state index contributed by atoms with van der Waals surface area (Å²) in [6.07, 6.45) is 0. The van der Waals surface area contributed by atoms with Gasteiger partial charge in [-0.25, -0.2) is 4.79 Å². The van der Waals surface area contributed by atoms with E-state index in [1.165, 1.54) is 0 Å². The fraction of sp³-hybridized carbons (Fsp3) is 0.0500. The number of aromatic hydroxyl groups is 2. The molecule has 0 fully saturated rings. The Labute approximate surface area is 225 Å². The van der Waals surface area contributed by atoms with E-state index in [4.69, 9.17) is 15.2 Å². The van der Waals surface area contributed by atoms with Crippen LogP contribution in [0.1, 0.15) is 27.0 Å². The predicted octanol–water partition coefficient (Wildman–Crippen LogP) is 5.67. The van der Waals surface area contributed by atoms with E-state index in [0.717, 1.165) is 0 Å². The lowest BCUT2D eigenvalue weighted by Gasteiger charge is -2.38.